The first-order valence-electron chi connectivity index (χ1n) is 10.9. The Labute approximate surface area is 183 Å². The average Bonchev–Trinajstić information content (AvgIpc) is 3.09. The predicted octanol–water partition coefficient (Wildman–Crippen LogP) is 3.64. The van der Waals surface area contributed by atoms with Crippen molar-refractivity contribution < 1.29 is 14.6 Å². The predicted molar refractivity (Wildman–Crippen MR) is 119 cm³/mol. The molecule has 2 N–H and O–H groups in total. The third-order valence-corrected chi connectivity index (χ3v) is 7.39. The van der Waals surface area contributed by atoms with Gasteiger partial charge in [0.25, 0.3) is 0 Å². The zero-order valence-corrected chi connectivity index (χ0v) is 18.3. The van der Waals surface area contributed by atoms with E-state index < -0.39 is 5.60 Å². The summed E-state index contributed by atoms with van der Waals surface area (Å²) in [5.41, 5.74) is 2.11. The van der Waals surface area contributed by atoms with Crippen molar-refractivity contribution in [3.63, 3.8) is 0 Å². The number of likely N-dealkylation sites (tertiary alicyclic amines) is 2. The highest BCUT2D eigenvalue weighted by molar-refractivity contribution is 6.30. The number of hydrogen-bond donors (Lipinski definition) is 2. The quantitative estimate of drug-likeness (QED) is 0.694. The van der Waals surface area contributed by atoms with Crippen molar-refractivity contribution in [1.82, 2.24) is 9.80 Å². The summed E-state index contributed by atoms with van der Waals surface area (Å²) in [6.07, 6.45) is 5.45. The van der Waals surface area contributed by atoms with Crippen LogP contribution in [0.15, 0.2) is 30.9 Å². The van der Waals surface area contributed by atoms with E-state index in [2.05, 4.69) is 22.9 Å². The highest BCUT2D eigenvalue weighted by Gasteiger charge is 2.42. The number of rotatable bonds is 5. The number of piperidine rings is 2. The van der Waals surface area contributed by atoms with Gasteiger partial charge in [0.05, 0.1) is 5.60 Å². The Hall–Kier alpha value is -1.76. The van der Waals surface area contributed by atoms with Crippen molar-refractivity contribution >= 4 is 23.4 Å². The number of nitrogens with one attached hydrogen (secondary N) is 1. The van der Waals surface area contributed by atoms with Crippen molar-refractivity contribution in [2.45, 2.75) is 43.1 Å². The normalized spacial score (nSPS) is 22.4. The summed E-state index contributed by atoms with van der Waals surface area (Å²) in [4.78, 5) is 16.1. The Morgan fingerprint density at radius 2 is 1.97 bits per heavy atom. The molecule has 0 atom stereocenters. The monoisotopic (exact) mass is 433 g/mol. The highest BCUT2D eigenvalue weighted by Crippen LogP contribution is 2.44. The van der Waals surface area contributed by atoms with Gasteiger partial charge in [0.15, 0.2) is 0 Å². The summed E-state index contributed by atoms with van der Waals surface area (Å²) >= 11 is 6.15. The van der Waals surface area contributed by atoms with Crippen LogP contribution in [0.25, 0.3) is 0 Å². The minimum Gasteiger partial charge on any atom is -0.445 e. The van der Waals surface area contributed by atoms with Crippen LogP contribution in [0.3, 0.4) is 0 Å². The van der Waals surface area contributed by atoms with Gasteiger partial charge < -0.3 is 25.0 Å². The lowest BCUT2D eigenvalue weighted by molar-refractivity contribution is -0.0331. The van der Waals surface area contributed by atoms with Gasteiger partial charge in [-0.3, -0.25) is 0 Å². The van der Waals surface area contributed by atoms with Gasteiger partial charge in [-0.05, 0) is 62.9 Å². The Morgan fingerprint density at radius 3 is 2.67 bits per heavy atom. The van der Waals surface area contributed by atoms with E-state index in [0.717, 1.165) is 50.5 Å². The van der Waals surface area contributed by atoms with E-state index in [1.54, 1.807) is 11.0 Å². The highest BCUT2D eigenvalue weighted by atomic mass is 35.5. The molecule has 1 aromatic carbocycles. The Bertz CT molecular complexity index is 784. The van der Waals surface area contributed by atoms with Gasteiger partial charge in [-0.25, -0.2) is 4.79 Å². The zero-order valence-electron chi connectivity index (χ0n) is 17.5. The van der Waals surface area contributed by atoms with E-state index in [1.807, 2.05) is 12.1 Å². The largest absolute Gasteiger partial charge is 0.445 e. The fourth-order valence-corrected chi connectivity index (χ4v) is 5.25. The first-order valence-corrected chi connectivity index (χ1v) is 11.3. The third kappa shape index (κ3) is 4.46. The number of carbonyl (C=O) groups is 1. The van der Waals surface area contributed by atoms with Crippen molar-refractivity contribution in [3.8, 4) is 0 Å². The second-order valence-corrected chi connectivity index (χ2v) is 9.43. The van der Waals surface area contributed by atoms with Crippen molar-refractivity contribution in [3.05, 3.63) is 41.4 Å². The fraction of sp³-hybridized carbons (Fsp3) is 0.609. The first kappa shape index (κ1) is 21.5. The minimum absolute atomic E-state index is 0.213. The molecule has 3 aliphatic rings. The molecule has 164 valence electrons. The van der Waals surface area contributed by atoms with Crippen molar-refractivity contribution in [1.29, 1.82) is 0 Å². The van der Waals surface area contributed by atoms with E-state index in [9.17, 15) is 9.90 Å². The van der Waals surface area contributed by atoms with Crippen LogP contribution in [0.4, 0.5) is 10.5 Å². The summed E-state index contributed by atoms with van der Waals surface area (Å²) < 4.78 is 5.10. The van der Waals surface area contributed by atoms with Crippen molar-refractivity contribution in [2.24, 2.45) is 0 Å². The molecule has 1 spiro atoms. The number of fused-ring (bicyclic) bond motifs is 2. The lowest BCUT2D eigenvalue weighted by Gasteiger charge is -2.42. The summed E-state index contributed by atoms with van der Waals surface area (Å²) in [5, 5.41) is 15.3. The number of nitrogens with zero attached hydrogens (tertiary/aromatic N) is 2. The molecule has 2 fully saturated rings. The van der Waals surface area contributed by atoms with E-state index in [-0.39, 0.29) is 18.1 Å². The smallest absolute Gasteiger partial charge is 0.410 e. The summed E-state index contributed by atoms with van der Waals surface area (Å²) in [7, 11) is 0. The molecule has 0 saturated carbocycles. The molecule has 6 nitrogen and oxygen atoms in total. The summed E-state index contributed by atoms with van der Waals surface area (Å²) in [6, 6.07) is 6.22. The molecule has 0 radical (unpaired) electrons. The van der Waals surface area contributed by atoms with Gasteiger partial charge in [-0.15, -0.1) is 0 Å². The number of aliphatic hydroxyl groups is 1. The minimum atomic E-state index is -0.692. The molecule has 3 heterocycles. The number of amides is 1. The zero-order chi connectivity index (χ0) is 21.2. The number of ether oxygens (including phenoxy) is 1. The molecule has 3 aliphatic heterocycles. The molecular formula is C23H32ClN3O3. The molecule has 0 aromatic heterocycles. The van der Waals surface area contributed by atoms with Gasteiger partial charge in [-0.1, -0.05) is 30.3 Å². The van der Waals surface area contributed by atoms with Crippen molar-refractivity contribution in [2.75, 3.05) is 51.2 Å². The van der Waals surface area contributed by atoms with Gasteiger partial charge in [0, 0.05) is 42.3 Å². The van der Waals surface area contributed by atoms with E-state index in [1.165, 1.54) is 11.3 Å². The molecule has 0 bridgehead atoms. The van der Waals surface area contributed by atoms with Gasteiger partial charge in [0.2, 0.25) is 0 Å². The molecule has 1 aromatic rings. The third-order valence-electron chi connectivity index (χ3n) is 7.15. The standard InChI is InChI=1S/C23H32ClN3O3/c1-2-15-30-21(28)27-13-8-23(29,9-14-27)7-12-26-10-5-22(6-11-26)17-25-20-16-18(24)3-4-19(20)22/h2-4,16,25,29H,1,5-15,17H2. The number of hydrogen-bond acceptors (Lipinski definition) is 5. The number of benzene rings is 1. The summed E-state index contributed by atoms with van der Waals surface area (Å²) in [6.45, 7) is 8.83. The number of halogens is 1. The lowest BCUT2D eigenvalue weighted by atomic mass is 9.74. The molecule has 0 unspecified atom stereocenters. The maximum absolute atomic E-state index is 12.0. The molecular weight excluding hydrogens is 402 g/mol. The first-order chi connectivity index (χ1) is 14.4. The number of anilines is 1. The number of carbonyl (C=O) groups excluding carboxylic acids is 1. The van der Waals surface area contributed by atoms with Crippen LogP contribution in [0, 0.1) is 0 Å². The Morgan fingerprint density at radius 1 is 1.23 bits per heavy atom. The van der Waals surface area contributed by atoms with E-state index >= 15 is 0 Å². The Kier molecular flexibility index (Phi) is 6.28. The van der Waals surface area contributed by atoms with Gasteiger partial charge >= 0.3 is 6.09 Å². The lowest BCUT2D eigenvalue weighted by Crippen LogP contribution is -2.49. The van der Waals surface area contributed by atoms with E-state index in [0.29, 0.717) is 25.9 Å². The van der Waals surface area contributed by atoms with Crippen LogP contribution in [-0.2, 0) is 10.2 Å². The topological polar surface area (TPSA) is 65.0 Å². The summed E-state index contributed by atoms with van der Waals surface area (Å²) in [5.74, 6) is 0. The van der Waals surface area contributed by atoms with Crippen LogP contribution in [0.2, 0.25) is 5.02 Å². The van der Waals surface area contributed by atoms with Crippen LogP contribution in [0.1, 0.15) is 37.7 Å². The average molecular weight is 434 g/mol. The molecule has 4 rings (SSSR count). The second kappa shape index (κ2) is 8.77. The van der Waals surface area contributed by atoms with Gasteiger partial charge in [-0.2, -0.15) is 0 Å². The molecule has 7 heteroatoms. The maximum atomic E-state index is 12.0. The Balaban J connectivity index is 1.24. The fourth-order valence-electron chi connectivity index (χ4n) is 5.08. The molecule has 1 amide bonds. The second-order valence-electron chi connectivity index (χ2n) is 8.99. The molecule has 30 heavy (non-hydrogen) atoms. The SMILES string of the molecule is C=CCOC(=O)N1CCC(O)(CCN2CCC3(CC2)CNc2cc(Cl)ccc23)CC1. The van der Waals surface area contributed by atoms with Crippen LogP contribution in [-0.4, -0.2) is 72.5 Å². The molecule has 0 aliphatic carbocycles. The van der Waals surface area contributed by atoms with Crippen LogP contribution in [0.5, 0.6) is 0 Å². The van der Waals surface area contributed by atoms with Gasteiger partial charge in [0.1, 0.15) is 6.61 Å². The maximum Gasteiger partial charge on any atom is 0.410 e. The molecule has 2 saturated heterocycles. The van der Waals surface area contributed by atoms with E-state index in [4.69, 9.17) is 16.3 Å². The van der Waals surface area contributed by atoms with Crippen LogP contribution >= 0.6 is 11.6 Å². The van der Waals surface area contributed by atoms with Crippen LogP contribution < -0.4 is 5.32 Å².